The molecule has 0 aliphatic rings. The van der Waals surface area contributed by atoms with Gasteiger partial charge < -0.3 is 15.5 Å². The maximum Gasteiger partial charge on any atom is 0.416 e. The Morgan fingerprint density at radius 1 is 1.32 bits per heavy atom. The highest BCUT2D eigenvalue weighted by molar-refractivity contribution is 5.72. The molecule has 7 heteroatoms. The van der Waals surface area contributed by atoms with Gasteiger partial charge >= 0.3 is 6.18 Å². The van der Waals surface area contributed by atoms with Gasteiger partial charge in [0.2, 0.25) is 5.91 Å². The molecule has 106 valence electrons. The first-order valence-electron chi connectivity index (χ1n) is 5.50. The number of hydrogen-bond acceptors (Lipinski definition) is 3. The lowest BCUT2D eigenvalue weighted by atomic mass is 9.98. The van der Waals surface area contributed by atoms with Gasteiger partial charge in [0.25, 0.3) is 0 Å². The van der Waals surface area contributed by atoms with Crippen LogP contribution in [0.25, 0.3) is 0 Å². The third kappa shape index (κ3) is 4.22. The van der Waals surface area contributed by atoms with E-state index >= 15 is 0 Å². The molecule has 1 amide bonds. The minimum Gasteiger partial charge on any atom is -0.388 e. The fourth-order valence-electron chi connectivity index (χ4n) is 1.58. The number of aliphatic hydroxyl groups excluding tert-OH is 2. The van der Waals surface area contributed by atoms with Crippen molar-refractivity contribution in [1.29, 1.82) is 0 Å². The van der Waals surface area contributed by atoms with Crippen LogP contribution in [0.2, 0.25) is 0 Å². The van der Waals surface area contributed by atoms with Crippen molar-refractivity contribution in [2.45, 2.75) is 25.3 Å². The number of alkyl halides is 3. The van der Waals surface area contributed by atoms with Gasteiger partial charge in [-0.2, -0.15) is 13.2 Å². The number of hydrogen-bond donors (Lipinski definition) is 3. The summed E-state index contributed by atoms with van der Waals surface area (Å²) in [4.78, 5) is 10.6. The maximum atomic E-state index is 12.7. The first kappa shape index (κ1) is 15.5. The summed E-state index contributed by atoms with van der Waals surface area (Å²) in [6, 6.07) is 4.44. The lowest BCUT2D eigenvalue weighted by Crippen LogP contribution is -2.34. The first-order chi connectivity index (χ1) is 8.73. The van der Waals surface area contributed by atoms with Gasteiger partial charge in [0, 0.05) is 13.5 Å². The van der Waals surface area contributed by atoms with Gasteiger partial charge in [-0.15, -0.1) is 0 Å². The summed E-state index contributed by atoms with van der Waals surface area (Å²) < 4.78 is 38.2. The van der Waals surface area contributed by atoms with Crippen molar-refractivity contribution >= 4 is 5.91 Å². The van der Waals surface area contributed by atoms with Crippen LogP contribution >= 0.6 is 0 Å². The molecule has 2 unspecified atom stereocenters. The van der Waals surface area contributed by atoms with Crippen LogP contribution in [0, 0.1) is 0 Å². The van der Waals surface area contributed by atoms with Crippen molar-refractivity contribution in [2.75, 3.05) is 6.54 Å². The van der Waals surface area contributed by atoms with Crippen LogP contribution < -0.4 is 5.32 Å². The second-order valence-electron chi connectivity index (χ2n) is 4.03. The molecule has 0 radical (unpaired) electrons. The van der Waals surface area contributed by atoms with Crippen molar-refractivity contribution < 1.29 is 28.2 Å². The molecular weight excluding hydrogens is 263 g/mol. The van der Waals surface area contributed by atoms with Gasteiger partial charge in [0.05, 0.1) is 5.56 Å². The zero-order valence-corrected chi connectivity index (χ0v) is 10.1. The average Bonchev–Trinajstić information content (AvgIpc) is 2.34. The van der Waals surface area contributed by atoms with Crippen LogP contribution in [0.1, 0.15) is 24.2 Å². The standard InChI is InChI=1S/C12H14F3NO3/c1-7(17)16-6-10(18)11(19)8-4-2-3-5-9(8)12(13,14)15/h2-5,10-11,18-19H,6H2,1H3,(H,16,17). The van der Waals surface area contributed by atoms with Crippen LogP contribution in [0.15, 0.2) is 24.3 Å². The Hall–Kier alpha value is -1.60. The van der Waals surface area contributed by atoms with Crippen molar-refractivity contribution in [1.82, 2.24) is 5.32 Å². The van der Waals surface area contributed by atoms with E-state index in [1.54, 1.807) is 0 Å². The molecule has 0 bridgehead atoms. The highest BCUT2D eigenvalue weighted by Gasteiger charge is 2.36. The monoisotopic (exact) mass is 277 g/mol. The van der Waals surface area contributed by atoms with E-state index in [-0.39, 0.29) is 6.54 Å². The third-order valence-corrected chi connectivity index (χ3v) is 2.51. The average molecular weight is 277 g/mol. The number of nitrogens with one attached hydrogen (secondary N) is 1. The molecule has 3 N–H and O–H groups in total. The summed E-state index contributed by atoms with van der Waals surface area (Å²) in [5.74, 6) is -0.449. The zero-order chi connectivity index (χ0) is 14.6. The largest absolute Gasteiger partial charge is 0.416 e. The van der Waals surface area contributed by atoms with Crippen LogP contribution in [0.3, 0.4) is 0 Å². The molecule has 4 nitrogen and oxygen atoms in total. The Morgan fingerprint density at radius 2 is 1.89 bits per heavy atom. The maximum absolute atomic E-state index is 12.7. The minimum absolute atomic E-state index is 0.331. The Labute approximate surface area is 107 Å². The molecule has 1 aromatic carbocycles. The van der Waals surface area contributed by atoms with Gasteiger partial charge in [-0.25, -0.2) is 0 Å². The van der Waals surface area contributed by atoms with Gasteiger partial charge in [0.1, 0.15) is 12.2 Å². The normalized spacial score (nSPS) is 14.8. The van der Waals surface area contributed by atoms with E-state index < -0.39 is 35.4 Å². The predicted molar refractivity (Wildman–Crippen MR) is 61.1 cm³/mol. The van der Waals surface area contributed by atoms with E-state index in [9.17, 15) is 28.2 Å². The Balaban J connectivity index is 2.93. The van der Waals surface area contributed by atoms with E-state index in [0.717, 1.165) is 12.1 Å². The molecule has 2 atom stereocenters. The van der Waals surface area contributed by atoms with Crippen LogP contribution in [-0.2, 0) is 11.0 Å². The van der Waals surface area contributed by atoms with Gasteiger partial charge in [-0.3, -0.25) is 4.79 Å². The Morgan fingerprint density at radius 3 is 2.42 bits per heavy atom. The van der Waals surface area contributed by atoms with Crippen LogP contribution in [-0.4, -0.2) is 28.8 Å². The smallest absolute Gasteiger partial charge is 0.388 e. The zero-order valence-electron chi connectivity index (χ0n) is 10.1. The molecule has 0 heterocycles. The van der Waals surface area contributed by atoms with Gasteiger partial charge in [-0.05, 0) is 11.6 Å². The second-order valence-corrected chi connectivity index (χ2v) is 4.03. The molecule has 1 rings (SSSR count). The van der Waals surface area contributed by atoms with Gasteiger partial charge in [-0.1, -0.05) is 18.2 Å². The quantitative estimate of drug-likeness (QED) is 0.775. The number of carbonyl (C=O) groups excluding carboxylic acids is 1. The Kier molecular flexibility index (Phi) is 4.90. The van der Waals surface area contributed by atoms with Gasteiger partial charge in [0.15, 0.2) is 0 Å². The molecule has 0 saturated carbocycles. The summed E-state index contributed by atoms with van der Waals surface area (Å²) >= 11 is 0. The Bertz CT molecular complexity index is 448. The predicted octanol–water partition coefficient (Wildman–Crippen LogP) is 1.24. The molecule has 0 spiro atoms. The lowest BCUT2D eigenvalue weighted by molar-refractivity contribution is -0.140. The number of aliphatic hydroxyl groups is 2. The number of benzene rings is 1. The van der Waals surface area contributed by atoms with Crippen molar-refractivity contribution in [3.05, 3.63) is 35.4 Å². The SMILES string of the molecule is CC(=O)NCC(O)C(O)c1ccccc1C(F)(F)F. The van der Waals surface area contributed by atoms with Crippen molar-refractivity contribution in [2.24, 2.45) is 0 Å². The topological polar surface area (TPSA) is 69.6 Å². The molecule has 1 aromatic rings. The fraction of sp³-hybridized carbons (Fsp3) is 0.417. The van der Waals surface area contributed by atoms with E-state index in [0.29, 0.717) is 0 Å². The highest BCUT2D eigenvalue weighted by atomic mass is 19.4. The number of amides is 1. The summed E-state index contributed by atoms with van der Waals surface area (Å²) in [6.07, 6.45) is -7.87. The summed E-state index contributed by atoms with van der Waals surface area (Å²) in [7, 11) is 0. The van der Waals surface area contributed by atoms with Crippen LogP contribution in [0.5, 0.6) is 0 Å². The second kappa shape index (κ2) is 6.03. The molecule has 0 aliphatic carbocycles. The molecule has 0 saturated heterocycles. The fourth-order valence-corrected chi connectivity index (χ4v) is 1.58. The minimum atomic E-state index is -4.62. The molecule has 19 heavy (non-hydrogen) atoms. The summed E-state index contributed by atoms with van der Waals surface area (Å²) in [5, 5.41) is 21.5. The number of halogens is 3. The number of carbonyl (C=O) groups is 1. The van der Waals surface area contributed by atoms with E-state index in [2.05, 4.69) is 5.32 Å². The number of rotatable bonds is 4. The highest BCUT2D eigenvalue weighted by Crippen LogP contribution is 2.35. The van der Waals surface area contributed by atoms with Crippen LogP contribution in [0.4, 0.5) is 13.2 Å². The molecular formula is C12H14F3NO3. The summed E-state index contributed by atoms with van der Waals surface area (Å²) in [6.45, 7) is 0.867. The van der Waals surface area contributed by atoms with E-state index in [4.69, 9.17) is 0 Å². The van der Waals surface area contributed by atoms with Crippen molar-refractivity contribution in [3.63, 3.8) is 0 Å². The van der Waals surface area contributed by atoms with E-state index in [1.165, 1.54) is 19.1 Å². The molecule has 0 aromatic heterocycles. The molecule has 0 fully saturated rings. The summed E-state index contributed by atoms with van der Waals surface area (Å²) in [5.41, 5.74) is -1.43. The third-order valence-electron chi connectivity index (χ3n) is 2.51. The molecule has 0 aliphatic heterocycles. The lowest BCUT2D eigenvalue weighted by Gasteiger charge is -2.21. The van der Waals surface area contributed by atoms with E-state index in [1.807, 2.05) is 0 Å². The van der Waals surface area contributed by atoms with Crippen molar-refractivity contribution in [3.8, 4) is 0 Å². The first-order valence-corrected chi connectivity index (χ1v) is 5.50.